The highest BCUT2D eigenvalue weighted by Gasteiger charge is 2.29. The largest absolute Gasteiger partial charge is 0.320 e. The molecule has 142 valence electrons. The molecule has 0 aliphatic carbocycles. The number of hydrogen-bond donors (Lipinski definition) is 0. The third-order valence-corrected chi connectivity index (χ3v) is 4.64. The maximum atomic E-state index is 13.0. The second kappa shape index (κ2) is 8.49. The molecule has 2 amide bonds. The zero-order valence-corrected chi connectivity index (χ0v) is 16.1. The van der Waals surface area contributed by atoms with Crippen LogP contribution in [0.3, 0.4) is 0 Å². The fourth-order valence-electron chi connectivity index (χ4n) is 3.11. The van der Waals surface area contributed by atoms with Gasteiger partial charge in [0, 0.05) is 19.4 Å². The number of rotatable bonds is 5. The number of hydrogen-bond acceptors (Lipinski definition) is 4. The SMILES string of the molecule is Cc1ccc(C)c(N2N=C(C(=O)N(CC#N)Cc3ccccc3)CCC2=O)c1. The summed E-state index contributed by atoms with van der Waals surface area (Å²) in [5, 5.41) is 14.9. The van der Waals surface area contributed by atoms with Gasteiger partial charge in [-0.2, -0.15) is 10.4 Å². The van der Waals surface area contributed by atoms with Gasteiger partial charge in [-0.1, -0.05) is 42.5 Å². The zero-order chi connectivity index (χ0) is 20.1. The molecule has 0 bridgehead atoms. The number of carbonyl (C=O) groups excluding carboxylic acids is 2. The number of carbonyl (C=O) groups is 2. The molecule has 0 saturated heterocycles. The number of hydrazone groups is 1. The molecule has 28 heavy (non-hydrogen) atoms. The Morgan fingerprint density at radius 3 is 2.64 bits per heavy atom. The van der Waals surface area contributed by atoms with E-state index in [-0.39, 0.29) is 31.2 Å². The predicted molar refractivity (Wildman–Crippen MR) is 108 cm³/mol. The minimum Gasteiger partial charge on any atom is -0.320 e. The second-order valence-corrected chi connectivity index (χ2v) is 6.85. The van der Waals surface area contributed by atoms with Gasteiger partial charge in [0.25, 0.3) is 5.91 Å². The molecule has 0 radical (unpaired) electrons. The van der Waals surface area contributed by atoms with Crippen LogP contribution in [0.1, 0.15) is 29.5 Å². The van der Waals surface area contributed by atoms with Crippen LogP contribution in [-0.4, -0.2) is 29.0 Å². The number of benzene rings is 2. The van der Waals surface area contributed by atoms with Crippen molar-refractivity contribution in [3.63, 3.8) is 0 Å². The van der Waals surface area contributed by atoms with Gasteiger partial charge in [-0.15, -0.1) is 0 Å². The Labute approximate surface area is 164 Å². The molecule has 0 fully saturated rings. The minimum absolute atomic E-state index is 0.0375. The van der Waals surface area contributed by atoms with Crippen molar-refractivity contribution < 1.29 is 9.59 Å². The molecule has 2 aromatic carbocycles. The predicted octanol–water partition coefficient (Wildman–Crippen LogP) is 3.34. The maximum Gasteiger partial charge on any atom is 0.271 e. The van der Waals surface area contributed by atoms with E-state index in [9.17, 15) is 9.59 Å². The van der Waals surface area contributed by atoms with Crippen LogP contribution in [0.2, 0.25) is 0 Å². The first-order valence-electron chi connectivity index (χ1n) is 9.17. The Hall–Kier alpha value is -3.46. The molecule has 0 saturated carbocycles. The van der Waals surface area contributed by atoms with Crippen molar-refractivity contribution in [3.05, 3.63) is 65.2 Å². The van der Waals surface area contributed by atoms with Crippen LogP contribution >= 0.6 is 0 Å². The normalized spacial score (nSPS) is 13.7. The highest BCUT2D eigenvalue weighted by molar-refractivity contribution is 6.40. The highest BCUT2D eigenvalue weighted by Crippen LogP contribution is 2.26. The molecule has 0 atom stereocenters. The number of nitriles is 1. The van der Waals surface area contributed by atoms with Crippen molar-refractivity contribution in [2.45, 2.75) is 33.2 Å². The highest BCUT2D eigenvalue weighted by atomic mass is 16.2. The minimum atomic E-state index is -0.312. The van der Waals surface area contributed by atoms with E-state index in [1.165, 1.54) is 9.91 Å². The Morgan fingerprint density at radius 1 is 1.18 bits per heavy atom. The summed E-state index contributed by atoms with van der Waals surface area (Å²) in [4.78, 5) is 27.0. The smallest absolute Gasteiger partial charge is 0.271 e. The fourth-order valence-corrected chi connectivity index (χ4v) is 3.11. The summed E-state index contributed by atoms with van der Waals surface area (Å²) in [5.41, 5.74) is 3.84. The summed E-state index contributed by atoms with van der Waals surface area (Å²) in [6.07, 6.45) is 0.486. The fraction of sp³-hybridized carbons (Fsp3) is 0.273. The summed E-state index contributed by atoms with van der Waals surface area (Å²) in [7, 11) is 0. The summed E-state index contributed by atoms with van der Waals surface area (Å²) >= 11 is 0. The van der Waals surface area contributed by atoms with Gasteiger partial charge in [0.05, 0.1) is 11.8 Å². The number of amides is 2. The first kappa shape index (κ1) is 19.3. The lowest BCUT2D eigenvalue weighted by Gasteiger charge is -2.27. The van der Waals surface area contributed by atoms with Crippen molar-refractivity contribution in [1.82, 2.24) is 4.90 Å². The van der Waals surface area contributed by atoms with Crippen LogP contribution < -0.4 is 5.01 Å². The average molecular weight is 374 g/mol. The van der Waals surface area contributed by atoms with Gasteiger partial charge in [0.15, 0.2) is 0 Å². The molecule has 6 nitrogen and oxygen atoms in total. The molecule has 1 aliphatic heterocycles. The molecule has 2 aromatic rings. The van der Waals surface area contributed by atoms with Crippen LogP contribution in [-0.2, 0) is 16.1 Å². The van der Waals surface area contributed by atoms with Gasteiger partial charge < -0.3 is 4.90 Å². The first-order valence-corrected chi connectivity index (χ1v) is 9.17. The van der Waals surface area contributed by atoms with Gasteiger partial charge in [-0.25, -0.2) is 5.01 Å². The van der Waals surface area contributed by atoms with Crippen LogP contribution in [0.15, 0.2) is 53.6 Å². The van der Waals surface area contributed by atoms with E-state index in [1.807, 2.05) is 68.4 Å². The Bertz CT molecular complexity index is 960. The van der Waals surface area contributed by atoms with E-state index < -0.39 is 0 Å². The lowest BCUT2D eigenvalue weighted by molar-refractivity contribution is -0.124. The van der Waals surface area contributed by atoms with Crippen LogP contribution in [0.4, 0.5) is 5.69 Å². The van der Waals surface area contributed by atoms with Crippen molar-refractivity contribution in [1.29, 1.82) is 5.26 Å². The van der Waals surface area contributed by atoms with Crippen LogP contribution in [0, 0.1) is 25.2 Å². The quantitative estimate of drug-likeness (QED) is 0.753. The van der Waals surface area contributed by atoms with Crippen LogP contribution in [0.25, 0.3) is 0 Å². The summed E-state index contributed by atoms with van der Waals surface area (Å²) in [6, 6.07) is 17.3. The lowest BCUT2D eigenvalue weighted by atomic mass is 10.1. The van der Waals surface area contributed by atoms with Crippen LogP contribution in [0.5, 0.6) is 0 Å². The first-order chi connectivity index (χ1) is 13.5. The van der Waals surface area contributed by atoms with Gasteiger partial charge >= 0.3 is 0 Å². The van der Waals surface area contributed by atoms with Gasteiger partial charge in [0.2, 0.25) is 5.91 Å². The molecular weight excluding hydrogens is 352 g/mol. The Morgan fingerprint density at radius 2 is 1.93 bits per heavy atom. The van der Waals surface area contributed by atoms with E-state index in [2.05, 4.69) is 5.10 Å². The molecule has 0 unspecified atom stereocenters. The van der Waals surface area contributed by atoms with Crippen molar-refractivity contribution in [3.8, 4) is 6.07 Å². The topological polar surface area (TPSA) is 76.8 Å². The molecule has 3 rings (SSSR count). The standard InChI is InChI=1S/C22H22N4O2/c1-16-8-9-17(2)20(14-16)26-21(27)11-10-19(24-26)22(28)25(13-12-23)15-18-6-4-3-5-7-18/h3-9,14H,10-11,13,15H2,1-2H3. The number of nitrogens with zero attached hydrogens (tertiary/aromatic N) is 4. The van der Waals surface area contributed by atoms with Crippen molar-refractivity contribution in [2.24, 2.45) is 5.10 Å². The Kier molecular flexibility index (Phi) is 5.85. The number of aryl methyl sites for hydroxylation is 2. The molecule has 0 N–H and O–H groups in total. The maximum absolute atomic E-state index is 13.0. The van der Waals surface area contributed by atoms with Crippen molar-refractivity contribution in [2.75, 3.05) is 11.6 Å². The Balaban J connectivity index is 1.89. The monoisotopic (exact) mass is 374 g/mol. The lowest BCUT2D eigenvalue weighted by Crippen LogP contribution is -2.41. The van der Waals surface area contributed by atoms with E-state index in [4.69, 9.17) is 5.26 Å². The molecule has 0 spiro atoms. The van der Waals surface area contributed by atoms with E-state index in [0.29, 0.717) is 17.9 Å². The molecule has 1 aliphatic rings. The zero-order valence-electron chi connectivity index (χ0n) is 16.1. The number of anilines is 1. The summed E-state index contributed by atoms with van der Waals surface area (Å²) in [5.74, 6) is -0.451. The van der Waals surface area contributed by atoms with Gasteiger partial charge in [0.1, 0.15) is 12.3 Å². The second-order valence-electron chi connectivity index (χ2n) is 6.85. The van der Waals surface area contributed by atoms with Crippen molar-refractivity contribution >= 4 is 23.2 Å². The summed E-state index contributed by atoms with van der Waals surface area (Å²) in [6.45, 7) is 4.14. The molecule has 0 aromatic heterocycles. The average Bonchev–Trinajstić information content (AvgIpc) is 2.70. The van der Waals surface area contributed by atoms with Gasteiger partial charge in [-0.05, 0) is 36.6 Å². The molecule has 1 heterocycles. The molecule has 6 heteroatoms. The third kappa shape index (κ3) is 4.26. The van der Waals surface area contributed by atoms with E-state index in [1.54, 1.807) is 0 Å². The van der Waals surface area contributed by atoms with Gasteiger partial charge in [-0.3, -0.25) is 9.59 Å². The van der Waals surface area contributed by atoms with E-state index >= 15 is 0 Å². The summed E-state index contributed by atoms with van der Waals surface area (Å²) < 4.78 is 0. The molecular formula is C22H22N4O2. The third-order valence-electron chi connectivity index (χ3n) is 4.64. The van der Waals surface area contributed by atoms with E-state index in [0.717, 1.165) is 16.7 Å².